The molecule has 1 aliphatic rings. The molecule has 2 amide bonds. The number of ether oxygens (including phenoxy) is 1. The third-order valence-electron chi connectivity index (χ3n) is 4.65. The molecule has 2 aromatic rings. The monoisotopic (exact) mass is 368 g/mol. The second kappa shape index (κ2) is 8.22. The van der Waals surface area contributed by atoms with Crippen LogP contribution in [0, 0.1) is 13.8 Å². The Labute approximate surface area is 159 Å². The summed E-state index contributed by atoms with van der Waals surface area (Å²) in [6.45, 7) is 4.47. The van der Waals surface area contributed by atoms with Crippen LogP contribution < -0.4 is 9.64 Å². The number of hydrogen-bond donors (Lipinski definition) is 1. The van der Waals surface area contributed by atoms with E-state index in [9.17, 15) is 14.7 Å². The number of anilines is 1. The van der Waals surface area contributed by atoms with Gasteiger partial charge in [-0.15, -0.1) is 0 Å². The van der Waals surface area contributed by atoms with Gasteiger partial charge in [-0.1, -0.05) is 35.9 Å². The van der Waals surface area contributed by atoms with Gasteiger partial charge in [0.05, 0.1) is 0 Å². The van der Waals surface area contributed by atoms with Crippen LogP contribution in [-0.4, -0.2) is 54.2 Å². The van der Waals surface area contributed by atoms with Crippen molar-refractivity contribution in [3.8, 4) is 5.75 Å². The fourth-order valence-electron chi connectivity index (χ4n) is 3.03. The molecule has 0 aromatic heterocycles. The van der Waals surface area contributed by atoms with Crippen molar-refractivity contribution in [3.63, 3.8) is 0 Å². The van der Waals surface area contributed by atoms with E-state index in [4.69, 9.17) is 4.74 Å². The first-order valence-corrected chi connectivity index (χ1v) is 8.98. The van der Waals surface area contributed by atoms with Crippen LogP contribution in [0.4, 0.5) is 5.69 Å². The van der Waals surface area contributed by atoms with Crippen molar-refractivity contribution in [2.45, 2.75) is 20.0 Å². The van der Waals surface area contributed by atoms with E-state index >= 15 is 0 Å². The third kappa shape index (κ3) is 4.46. The van der Waals surface area contributed by atoms with Crippen molar-refractivity contribution in [2.24, 2.45) is 0 Å². The van der Waals surface area contributed by atoms with Gasteiger partial charge in [0.1, 0.15) is 18.9 Å². The van der Waals surface area contributed by atoms with E-state index in [1.165, 1.54) is 4.90 Å². The number of aryl methyl sites for hydroxylation is 2. The van der Waals surface area contributed by atoms with E-state index in [-0.39, 0.29) is 19.1 Å². The molecule has 0 aliphatic carbocycles. The van der Waals surface area contributed by atoms with Gasteiger partial charge in [0, 0.05) is 18.8 Å². The van der Waals surface area contributed by atoms with Crippen LogP contribution in [0.3, 0.4) is 0 Å². The number of benzene rings is 2. The Bertz CT molecular complexity index is 819. The molecular weight excluding hydrogens is 344 g/mol. The van der Waals surface area contributed by atoms with E-state index in [0.29, 0.717) is 18.8 Å². The molecule has 0 bridgehead atoms. The van der Waals surface area contributed by atoms with Gasteiger partial charge in [0.2, 0.25) is 5.91 Å². The summed E-state index contributed by atoms with van der Waals surface area (Å²) < 4.78 is 5.55. The Balaban J connectivity index is 1.56. The largest absolute Gasteiger partial charge is 0.490 e. The zero-order valence-corrected chi connectivity index (χ0v) is 15.6. The highest BCUT2D eigenvalue weighted by atomic mass is 16.5. The van der Waals surface area contributed by atoms with Crippen LogP contribution in [0.5, 0.6) is 5.75 Å². The summed E-state index contributed by atoms with van der Waals surface area (Å²) in [6, 6.07) is 15.1. The molecular formula is C21H24N2O4. The van der Waals surface area contributed by atoms with Crippen LogP contribution in [0.2, 0.25) is 0 Å². The maximum absolute atomic E-state index is 12.5. The van der Waals surface area contributed by atoms with Gasteiger partial charge in [-0.25, -0.2) is 0 Å². The zero-order valence-electron chi connectivity index (χ0n) is 15.6. The number of rotatable bonds is 5. The van der Waals surface area contributed by atoms with Gasteiger partial charge in [0.15, 0.2) is 6.10 Å². The number of amides is 2. The minimum Gasteiger partial charge on any atom is -0.490 e. The molecule has 0 radical (unpaired) electrons. The molecule has 0 unspecified atom stereocenters. The Morgan fingerprint density at radius 1 is 1.11 bits per heavy atom. The lowest BCUT2D eigenvalue weighted by atomic mass is 10.2. The minimum atomic E-state index is -1.30. The number of para-hydroxylation sites is 1. The first-order chi connectivity index (χ1) is 13.0. The minimum absolute atomic E-state index is 0.0475. The van der Waals surface area contributed by atoms with Gasteiger partial charge in [-0.3, -0.25) is 9.59 Å². The molecule has 3 rings (SSSR count). The predicted octanol–water partition coefficient (Wildman–Crippen LogP) is 1.92. The lowest BCUT2D eigenvalue weighted by Crippen LogP contribution is -2.55. The summed E-state index contributed by atoms with van der Waals surface area (Å²) in [5.74, 6) is -0.0180. The van der Waals surface area contributed by atoms with Crippen molar-refractivity contribution in [1.82, 2.24) is 4.90 Å². The number of aliphatic hydroxyl groups is 1. The summed E-state index contributed by atoms with van der Waals surface area (Å²) in [7, 11) is 0. The fraction of sp³-hybridized carbons (Fsp3) is 0.333. The van der Waals surface area contributed by atoms with Crippen LogP contribution in [0.15, 0.2) is 48.5 Å². The number of carbonyl (C=O) groups is 2. The summed E-state index contributed by atoms with van der Waals surface area (Å²) in [4.78, 5) is 28.0. The summed E-state index contributed by atoms with van der Waals surface area (Å²) in [5, 5.41) is 10.2. The van der Waals surface area contributed by atoms with Crippen molar-refractivity contribution in [2.75, 3.05) is 31.1 Å². The van der Waals surface area contributed by atoms with Gasteiger partial charge < -0.3 is 19.6 Å². The molecule has 1 N–H and O–H groups in total. The third-order valence-corrected chi connectivity index (χ3v) is 4.65. The SMILES string of the molecule is Cc1ccc(N2CCN(C(=O)[C@H](O)COc3ccccc3C)CC2=O)cc1. The molecule has 1 atom stereocenters. The number of aliphatic hydroxyl groups excluding tert-OH is 1. The quantitative estimate of drug-likeness (QED) is 0.875. The van der Waals surface area contributed by atoms with Gasteiger partial charge >= 0.3 is 0 Å². The topological polar surface area (TPSA) is 70.1 Å². The Morgan fingerprint density at radius 3 is 2.48 bits per heavy atom. The summed E-state index contributed by atoms with van der Waals surface area (Å²) in [5.41, 5.74) is 2.87. The molecule has 1 saturated heterocycles. The first kappa shape index (κ1) is 18.9. The smallest absolute Gasteiger partial charge is 0.255 e. The van der Waals surface area contributed by atoms with E-state index in [1.54, 1.807) is 11.0 Å². The standard InChI is InChI=1S/C21H24N2O4/c1-15-7-9-17(10-8-15)23-12-11-22(13-20(23)25)21(26)18(24)14-27-19-6-4-3-5-16(19)2/h3-10,18,24H,11-14H2,1-2H3/t18-/m1/s1. The van der Waals surface area contributed by atoms with Gasteiger partial charge in [-0.2, -0.15) is 0 Å². The highest BCUT2D eigenvalue weighted by Crippen LogP contribution is 2.19. The Kier molecular flexibility index (Phi) is 5.76. The molecule has 2 aromatic carbocycles. The Morgan fingerprint density at radius 2 is 1.81 bits per heavy atom. The molecule has 1 fully saturated rings. The van der Waals surface area contributed by atoms with Gasteiger partial charge in [-0.05, 0) is 37.6 Å². The predicted molar refractivity (Wildman–Crippen MR) is 103 cm³/mol. The lowest BCUT2D eigenvalue weighted by molar-refractivity contribution is -0.145. The molecule has 142 valence electrons. The second-order valence-corrected chi connectivity index (χ2v) is 6.73. The normalized spacial score (nSPS) is 15.6. The highest BCUT2D eigenvalue weighted by molar-refractivity contribution is 5.98. The van der Waals surface area contributed by atoms with Crippen LogP contribution in [0.25, 0.3) is 0 Å². The highest BCUT2D eigenvalue weighted by Gasteiger charge is 2.31. The van der Waals surface area contributed by atoms with Crippen LogP contribution >= 0.6 is 0 Å². The molecule has 6 nitrogen and oxygen atoms in total. The molecule has 0 saturated carbocycles. The van der Waals surface area contributed by atoms with Crippen molar-refractivity contribution in [1.29, 1.82) is 0 Å². The van der Waals surface area contributed by atoms with Crippen LogP contribution in [-0.2, 0) is 9.59 Å². The van der Waals surface area contributed by atoms with E-state index in [2.05, 4.69) is 0 Å². The molecule has 6 heteroatoms. The average Bonchev–Trinajstić information content (AvgIpc) is 2.67. The number of piperazine rings is 1. The first-order valence-electron chi connectivity index (χ1n) is 8.98. The number of hydrogen-bond acceptors (Lipinski definition) is 4. The maximum Gasteiger partial charge on any atom is 0.255 e. The zero-order chi connectivity index (χ0) is 19.4. The lowest BCUT2D eigenvalue weighted by Gasteiger charge is -2.35. The number of nitrogens with zero attached hydrogens (tertiary/aromatic N) is 2. The van der Waals surface area contributed by atoms with Crippen molar-refractivity contribution in [3.05, 3.63) is 59.7 Å². The maximum atomic E-state index is 12.5. The average molecular weight is 368 g/mol. The second-order valence-electron chi connectivity index (χ2n) is 6.73. The molecule has 0 spiro atoms. The summed E-state index contributed by atoms with van der Waals surface area (Å²) in [6.07, 6.45) is -1.30. The van der Waals surface area contributed by atoms with Crippen molar-refractivity contribution < 1.29 is 19.4 Å². The number of carbonyl (C=O) groups excluding carboxylic acids is 2. The fourth-order valence-corrected chi connectivity index (χ4v) is 3.03. The van der Waals surface area contributed by atoms with Crippen LogP contribution in [0.1, 0.15) is 11.1 Å². The molecule has 1 aliphatic heterocycles. The van der Waals surface area contributed by atoms with E-state index < -0.39 is 12.0 Å². The van der Waals surface area contributed by atoms with Gasteiger partial charge in [0.25, 0.3) is 5.91 Å². The summed E-state index contributed by atoms with van der Waals surface area (Å²) >= 11 is 0. The molecule has 27 heavy (non-hydrogen) atoms. The Hall–Kier alpha value is -2.86. The molecule has 1 heterocycles. The van der Waals surface area contributed by atoms with Crippen molar-refractivity contribution >= 4 is 17.5 Å². The van der Waals surface area contributed by atoms with E-state index in [1.807, 2.05) is 56.3 Å². The van der Waals surface area contributed by atoms with E-state index in [0.717, 1.165) is 16.8 Å².